The highest BCUT2D eigenvalue weighted by Gasteiger charge is 2.47. The van der Waals surface area contributed by atoms with Gasteiger partial charge in [0.25, 0.3) is 0 Å². The Morgan fingerprint density at radius 2 is 2.23 bits per heavy atom. The van der Waals surface area contributed by atoms with Crippen molar-refractivity contribution < 1.29 is 14.3 Å². The third kappa shape index (κ3) is 2.13. The number of benzene rings is 1. The van der Waals surface area contributed by atoms with Gasteiger partial charge >= 0.3 is 0 Å². The van der Waals surface area contributed by atoms with Gasteiger partial charge in [0, 0.05) is 17.4 Å². The van der Waals surface area contributed by atoms with Crippen LogP contribution in [0.5, 0.6) is 5.75 Å². The Hall–Kier alpha value is -1.84. The van der Waals surface area contributed by atoms with Crippen molar-refractivity contribution in [2.45, 2.75) is 44.4 Å². The van der Waals surface area contributed by atoms with Crippen molar-refractivity contribution in [1.82, 2.24) is 0 Å². The zero-order valence-electron chi connectivity index (χ0n) is 13.1. The Labute approximate surface area is 130 Å². The Bertz CT molecular complexity index is 638. The number of ether oxygens (including phenoxy) is 1. The monoisotopic (exact) mass is 303 g/mol. The summed E-state index contributed by atoms with van der Waals surface area (Å²) < 4.78 is 19.9. The van der Waals surface area contributed by atoms with Crippen LogP contribution in [0, 0.1) is 11.7 Å². The molecule has 4 heteroatoms. The fraction of sp³-hybridized carbons (Fsp3) is 0.500. The van der Waals surface area contributed by atoms with Gasteiger partial charge in [0.05, 0.1) is 12.8 Å². The first-order chi connectivity index (χ1) is 10.7. The van der Waals surface area contributed by atoms with Gasteiger partial charge in [0.2, 0.25) is 0 Å². The molecule has 0 aromatic heterocycles. The van der Waals surface area contributed by atoms with Gasteiger partial charge in [-0.15, -0.1) is 0 Å². The summed E-state index contributed by atoms with van der Waals surface area (Å²) in [4.78, 5) is 0. The van der Waals surface area contributed by atoms with E-state index < -0.39 is 5.41 Å². The molecule has 1 aromatic rings. The number of hydrogen-bond donors (Lipinski definition) is 1. The van der Waals surface area contributed by atoms with Crippen LogP contribution in [0.4, 0.5) is 4.39 Å². The van der Waals surface area contributed by atoms with Gasteiger partial charge in [-0.3, -0.25) is 0 Å². The van der Waals surface area contributed by atoms with E-state index in [1.807, 2.05) is 6.07 Å². The largest absolute Gasteiger partial charge is 0.497 e. The third-order valence-corrected chi connectivity index (χ3v) is 5.09. The van der Waals surface area contributed by atoms with Crippen molar-refractivity contribution in [3.63, 3.8) is 0 Å². The lowest BCUT2D eigenvalue weighted by Crippen LogP contribution is -2.44. The number of rotatable bonds is 3. The molecule has 0 fully saturated rings. The van der Waals surface area contributed by atoms with Gasteiger partial charge in [-0.25, -0.2) is 4.39 Å². The SMILES string of the molecule is CCCC12CC=CCC(Cc3c(F)cc(OC)cc31)/C2=N/O. The van der Waals surface area contributed by atoms with E-state index in [1.165, 1.54) is 6.07 Å². The zero-order valence-corrected chi connectivity index (χ0v) is 13.1. The van der Waals surface area contributed by atoms with Crippen molar-refractivity contribution in [1.29, 1.82) is 0 Å². The van der Waals surface area contributed by atoms with Gasteiger partial charge in [-0.05, 0) is 42.9 Å². The minimum atomic E-state index is -0.413. The minimum Gasteiger partial charge on any atom is -0.497 e. The first kappa shape index (κ1) is 15.1. The minimum absolute atomic E-state index is 0.0747. The normalized spacial score (nSPS) is 28.3. The molecule has 2 unspecified atom stereocenters. The maximum atomic E-state index is 14.6. The van der Waals surface area contributed by atoms with E-state index in [2.05, 4.69) is 24.2 Å². The standard InChI is InChI=1S/C18H22FNO2/c1-3-7-18-8-5-4-6-12(17(18)20-21)9-14-15(18)10-13(22-2)11-16(14)19/h4-5,10-12,21H,3,6-9H2,1-2H3/b20-17-. The molecular formula is C18H22FNO2. The molecule has 3 nitrogen and oxygen atoms in total. The Morgan fingerprint density at radius 3 is 2.91 bits per heavy atom. The molecule has 2 bridgehead atoms. The summed E-state index contributed by atoms with van der Waals surface area (Å²) in [5.41, 5.74) is 2.08. The average Bonchev–Trinajstić information content (AvgIpc) is 2.64. The summed E-state index contributed by atoms with van der Waals surface area (Å²) >= 11 is 0. The predicted molar refractivity (Wildman–Crippen MR) is 84.3 cm³/mol. The number of methoxy groups -OCH3 is 1. The van der Waals surface area contributed by atoms with E-state index in [0.29, 0.717) is 12.2 Å². The maximum Gasteiger partial charge on any atom is 0.130 e. The van der Waals surface area contributed by atoms with Crippen LogP contribution in [-0.2, 0) is 11.8 Å². The Kier molecular flexibility index (Phi) is 3.94. The topological polar surface area (TPSA) is 41.8 Å². The number of allylic oxidation sites excluding steroid dienone is 2. The molecule has 0 spiro atoms. The summed E-state index contributed by atoms with van der Waals surface area (Å²) in [6.07, 6.45) is 8.19. The molecule has 22 heavy (non-hydrogen) atoms. The molecule has 0 radical (unpaired) electrons. The zero-order chi connectivity index (χ0) is 15.7. The summed E-state index contributed by atoms with van der Waals surface area (Å²) in [6.45, 7) is 2.11. The van der Waals surface area contributed by atoms with E-state index in [1.54, 1.807) is 7.11 Å². The molecule has 3 rings (SSSR count). The van der Waals surface area contributed by atoms with Crippen molar-refractivity contribution >= 4 is 5.71 Å². The van der Waals surface area contributed by atoms with Crippen LogP contribution in [0.15, 0.2) is 29.4 Å². The highest BCUT2D eigenvalue weighted by atomic mass is 19.1. The summed E-state index contributed by atoms with van der Waals surface area (Å²) in [5.74, 6) is 0.389. The van der Waals surface area contributed by atoms with Crippen molar-refractivity contribution in [2.24, 2.45) is 11.1 Å². The van der Waals surface area contributed by atoms with Gasteiger partial charge in [0.15, 0.2) is 0 Å². The van der Waals surface area contributed by atoms with Gasteiger partial charge in [-0.2, -0.15) is 0 Å². The number of nitrogens with zero attached hydrogens (tertiary/aromatic N) is 1. The average molecular weight is 303 g/mol. The molecule has 0 saturated carbocycles. The Morgan fingerprint density at radius 1 is 1.41 bits per heavy atom. The number of halogens is 1. The molecule has 0 amide bonds. The molecule has 1 N–H and O–H groups in total. The quantitative estimate of drug-likeness (QED) is 0.516. The van der Waals surface area contributed by atoms with E-state index in [9.17, 15) is 9.60 Å². The second-order valence-corrected chi connectivity index (χ2v) is 6.26. The number of hydrogen-bond acceptors (Lipinski definition) is 3. The highest BCUT2D eigenvalue weighted by molar-refractivity contribution is 5.99. The lowest BCUT2D eigenvalue weighted by molar-refractivity contribution is 0.301. The van der Waals surface area contributed by atoms with E-state index in [0.717, 1.165) is 42.5 Å². The van der Waals surface area contributed by atoms with Crippen LogP contribution in [0.1, 0.15) is 43.7 Å². The molecule has 1 aromatic carbocycles. The van der Waals surface area contributed by atoms with E-state index in [-0.39, 0.29) is 11.7 Å². The third-order valence-electron chi connectivity index (χ3n) is 5.09. The number of fused-ring (bicyclic) bond motifs is 4. The summed E-state index contributed by atoms with van der Waals surface area (Å²) in [5, 5.41) is 13.4. The smallest absolute Gasteiger partial charge is 0.130 e. The Balaban J connectivity index is 2.28. The van der Waals surface area contributed by atoms with Crippen molar-refractivity contribution in [3.05, 3.63) is 41.2 Å². The van der Waals surface area contributed by atoms with Crippen LogP contribution in [0.2, 0.25) is 0 Å². The van der Waals surface area contributed by atoms with Crippen molar-refractivity contribution in [2.75, 3.05) is 7.11 Å². The van der Waals surface area contributed by atoms with E-state index in [4.69, 9.17) is 4.74 Å². The van der Waals surface area contributed by atoms with Gasteiger partial charge in [-0.1, -0.05) is 30.7 Å². The van der Waals surface area contributed by atoms with Gasteiger partial charge < -0.3 is 9.94 Å². The molecule has 2 aliphatic rings. The molecule has 0 saturated heterocycles. The van der Waals surface area contributed by atoms with Crippen LogP contribution in [-0.4, -0.2) is 18.0 Å². The highest BCUT2D eigenvalue weighted by Crippen LogP contribution is 2.48. The summed E-state index contributed by atoms with van der Waals surface area (Å²) in [7, 11) is 1.55. The van der Waals surface area contributed by atoms with Crippen LogP contribution >= 0.6 is 0 Å². The molecule has 0 aliphatic heterocycles. The predicted octanol–water partition coefficient (Wildman–Crippen LogP) is 4.22. The van der Waals surface area contributed by atoms with E-state index >= 15 is 0 Å². The maximum absolute atomic E-state index is 14.6. The molecule has 118 valence electrons. The second-order valence-electron chi connectivity index (χ2n) is 6.26. The fourth-order valence-electron chi connectivity index (χ4n) is 4.16. The first-order valence-corrected chi connectivity index (χ1v) is 7.90. The van der Waals surface area contributed by atoms with Crippen molar-refractivity contribution in [3.8, 4) is 5.75 Å². The van der Waals surface area contributed by atoms with Gasteiger partial charge in [0.1, 0.15) is 11.6 Å². The second kappa shape index (κ2) is 5.75. The molecule has 0 heterocycles. The van der Waals surface area contributed by atoms with Crippen LogP contribution in [0.25, 0.3) is 0 Å². The number of oxime groups is 1. The molecule has 2 aliphatic carbocycles. The molecular weight excluding hydrogens is 281 g/mol. The summed E-state index contributed by atoms with van der Waals surface area (Å²) in [6, 6.07) is 3.38. The fourth-order valence-corrected chi connectivity index (χ4v) is 4.16. The first-order valence-electron chi connectivity index (χ1n) is 7.90. The molecule has 2 atom stereocenters. The van der Waals surface area contributed by atoms with Crippen LogP contribution < -0.4 is 4.74 Å². The lowest BCUT2D eigenvalue weighted by Gasteiger charge is -2.42. The van der Waals surface area contributed by atoms with Crippen LogP contribution in [0.3, 0.4) is 0 Å². The lowest BCUT2D eigenvalue weighted by atomic mass is 9.61.